The van der Waals surface area contributed by atoms with E-state index in [4.69, 9.17) is 9.47 Å². The highest BCUT2D eigenvalue weighted by Crippen LogP contribution is 2.30. The van der Waals surface area contributed by atoms with Crippen molar-refractivity contribution in [3.63, 3.8) is 0 Å². The van der Waals surface area contributed by atoms with Crippen LogP contribution in [0.4, 0.5) is 0 Å². The maximum atomic E-state index is 12.7. The monoisotopic (exact) mass is 380 g/mol. The summed E-state index contributed by atoms with van der Waals surface area (Å²) in [5, 5.41) is 1.05. The van der Waals surface area contributed by atoms with E-state index in [0.717, 1.165) is 0 Å². The van der Waals surface area contributed by atoms with Gasteiger partial charge in [-0.1, -0.05) is 13.2 Å². The molecule has 0 radical (unpaired) electrons. The molecule has 136 valence electrons. The molecular weight excluding hydrogens is 364 g/mol. The van der Waals surface area contributed by atoms with Crippen molar-refractivity contribution in [2.75, 3.05) is 0 Å². The molecule has 3 rings (SSSR count). The van der Waals surface area contributed by atoms with Gasteiger partial charge in [-0.3, -0.25) is 4.79 Å². The first kappa shape index (κ1) is 18.5. The van der Waals surface area contributed by atoms with E-state index in [2.05, 4.69) is 13.2 Å². The van der Waals surface area contributed by atoms with Gasteiger partial charge in [0.1, 0.15) is 11.5 Å². The van der Waals surface area contributed by atoms with Crippen molar-refractivity contribution in [2.45, 2.75) is 13.8 Å². The molecule has 1 heterocycles. The number of fused-ring (bicyclic) bond motifs is 2. The molecule has 1 aromatic heterocycles. The van der Waals surface area contributed by atoms with Crippen LogP contribution >= 0.6 is 11.3 Å². The largest absolute Gasteiger partial charge is 0.423 e. The summed E-state index contributed by atoms with van der Waals surface area (Å²) in [5.41, 5.74) is 0.422. The molecule has 0 aliphatic carbocycles. The first-order valence-electron chi connectivity index (χ1n) is 8.02. The van der Waals surface area contributed by atoms with Crippen molar-refractivity contribution in [1.29, 1.82) is 0 Å². The molecule has 0 fully saturated rings. The normalized spacial score (nSPS) is 10.6. The number of ether oxygens (including phenoxy) is 2. The molecule has 0 bridgehead atoms. The van der Waals surface area contributed by atoms with Gasteiger partial charge in [0.05, 0.1) is 0 Å². The van der Waals surface area contributed by atoms with Gasteiger partial charge < -0.3 is 9.47 Å². The molecule has 27 heavy (non-hydrogen) atoms. The Bertz CT molecular complexity index is 1100. The smallest absolute Gasteiger partial charge is 0.338 e. The molecule has 6 heteroatoms. The van der Waals surface area contributed by atoms with Crippen LogP contribution < -0.4 is 14.9 Å². The van der Waals surface area contributed by atoms with Crippen LogP contribution in [0.3, 0.4) is 0 Å². The second-order valence-electron chi connectivity index (χ2n) is 6.09. The van der Waals surface area contributed by atoms with Gasteiger partial charge in [-0.05, 0) is 50.2 Å². The van der Waals surface area contributed by atoms with Gasteiger partial charge in [-0.2, -0.15) is 0 Å². The Balaban J connectivity index is 2.08. The van der Waals surface area contributed by atoms with Gasteiger partial charge in [0, 0.05) is 31.3 Å². The molecule has 0 unspecified atom stereocenters. The van der Waals surface area contributed by atoms with Gasteiger partial charge in [-0.15, -0.1) is 11.3 Å². The zero-order valence-electron chi connectivity index (χ0n) is 14.8. The number of benzene rings is 2. The standard InChI is InChI=1S/C21H16O5S/c1-11(2)20(23)25-13-5-7-15-17(9-13)27-18-10-14(26-21(24)12(3)4)6-8-16(18)19(15)22/h5-10H,1,3H2,2,4H3. The summed E-state index contributed by atoms with van der Waals surface area (Å²) in [6, 6.07) is 9.67. The van der Waals surface area contributed by atoms with E-state index in [-0.39, 0.29) is 16.6 Å². The highest BCUT2D eigenvalue weighted by Gasteiger charge is 2.12. The minimum Gasteiger partial charge on any atom is -0.423 e. The Kier molecular flexibility index (Phi) is 4.92. The van der Waals surface area contributed by atoms with Gasteiger partial charge in [0.2, 0.25) is 0 Å². The lowest BCUT2D eigenvalue weighted by atomic mass is 10.1. The summed E-state index contributed by atoms with van der Waals surface area (Å²) >= 11 is 1.34. The van der Waals surface area contributed by atoms with E-state index >= 15 is 0 Å². The van der Waals surface area contributed by atoms with Crippen LogP contribution in [0.1, 0.15) is 13.8 Å². The Morgan fingerprint density at radius 3 is 1.59 bits per heavy atom. The van der Waals surface area contributed by atoms with Crippen LogP contribution in [-0.2, 0) is 9.59 Å². The zero-order chi connectivity index (χ0) is 19.7. The van der Waals surface area contributed by atoms with Crippen molar-refractivity contribution in [1.82, 2.24) is 0 Å². The molecular formula is C21H16O5S. The lowest BCUT2D eigenvalue weighted by molar-refractivity contribution is -0.130. The van der Waals surface area contributed by atoms with Crippen LogP contribution in [0.2, 0.25) is 0 Å². The van der Waals surface area contributed by atoms with Crippen molar-refractivity contribution in [3.05, 3.63) is 70.9 Å². The van der Waals surface area contributed by atoms with Crippen LogP contribution in [0.5, 0.6) is 11.5 Å². The minimum absolute atomic E-state index is 0.144. The van der Waals surface area contributed by atoms with E-state index < -0.39 is 11.9 Å². The lowest BCUT2D eigenvalue weighted by Crippen LogP contribution is -2.09. The number of rotatable bonds is 4. The maximum absolute atomic E-state index is 12.7. The second-order valence-corrected chi connectivity index (χ2v) is 7.17. The Morgan fingerprint density at radius 2 is 1.22 bits per heavy atom. The molecule has 0 aliphatic heterocycles. The third-order valence-electron chi connectivity index (χ3n) is 3.73. The van der Waals surface area contributed by atoms with E-state index in [9.17, 15) is 14.4 Å². The number of hydrogen-bond acceptors (Lipinski definition) is 6. The Labute approximate surface area is 159 Å². The summed E-state index contributed by atoms with van der Waals surface area (Å²) in [6.45, 7) is 10.2. The Morgan fingerprint density at radius 1 is 0.815 bits per heavy atom. The molecule has 0 N–H and O–H groups in total. The fourth-order valence-electron chi connectivity index (χ4n) is 2.33. The fourth-order valence-corrected chi connectivity index (χ4v) is 3.46. The van der Waals surface area contributed by atoms with Crippen LogP contribution in [0.15, 0.2) is 65.5 Å². The molecule has 2 aromatic carbocycles. The summed E-state index contributed by atoms with van der Waals surface area (Å²) in [6.07, 6.45) is 0. The molecule has 3 aromatic rings. The predicted octanol–water partition coefficient (Wildman–Crippen LogP) is 4.38. The summed E-state index contributed by atoms with van der Waals surface area (Å²) < 4.78 is 11.8. The number of carbonyl (C=O) groups excluding carboxylic acids is 2. The first-order valence-corrected chi connectivity index (χ1v) is 8.84. The van der Waals surface area contributed by atoms with E-state index in [1.165, 1.54) is 11.3 Å². The summed E-state index contributed by atoms with van der Waals surface area (Å²) in [5.74, 6) is -0.404. The second kappa shape index (κ2) is 7.17. The SMILES string of the molecule is C=C(C)C(=O)Oc1ccc2c(=O)c3ccc(OC(=O)C(=C)C)cc3sc2c1. The Hall–Kier alpha value is -3.25. The molecule has 0 amide bonds. The van der Waals surface area contributed by atoms with E-state index in [1.807, 2.05) is 0 Å². The van der Waals surface area contributed by atoms with Crippen molar-refractivity contribution in [3.8, 4) is 11.5 Å². The summed E-state index contributed by atoms with van der Waals surface area (Å²) in [4.78, 5) is 36.1. The first-order chi connectivity index (χ1) is 12.8. The molecule has 0 aliphatic rings. The van der Waals surface area contributed by atoms with Gasteiger partial charge in [-0.25, -0.2) is 9.59 Å². The third-order valence-corrected chi connectivity index (χ3v) is 4.85. The molecule has 5 nitrogen and oxygen atoms in total. The highest BCUT2D eigenvalue weighted by molar-refractivity contribution is 7.24. The summed E-state index contributed by atoms with van der Waals surface area (Å²) in [7, 11) is 0. The van der Waals surface area contributed by atoms with E-state index in [0.29, 0.717) is 31.7 Å². The minimum atomic E-state index is -0.531. The van der Waals surface area contributed by atoms with Crippen LogP contribution in [0.25, 0.3) is 20.2 Å². The molecule has 0 atom stereocenters. The van der Waals surface area contributed by atoms with Crippen molar-refractivity contribution in [2.24, 2.45) is 0 Å². The number of carbonyl (C=O) groups is 2. The molecule has 0 spiro atoms. The molecule has 0 saturated heterocycles. The predicted molar refractivity (Wildman–Crippen MR) is 106 cm³/mol. The average molecular weight is 380 g/mol. The average Bonchev–Trinajstić information content (AvgIpc) is 2.61. The number of esters is 2. The van der Waals surface area contributed by atoms with Gasteiger partial charge >= 0.3 is 11.9 Å². The highest BCUT2D eigenvalue weighted by atomic mass is 32.1. The topological polar surface area (TPSA) is 69.7 Å². The van der Waals surface area contributed by atoms with Crippen molar-refractivity contribution >= 4 is 43.4 Å². The molecule has 0 saturated carbocycles. The van der Waals surface area contributed by atoms with Gasteiger partial charge in [0.15, 0.2) is 5.43 Å². The van der Waals surface area contributed by atoms with Crippen LogP contribution in [-0.4, -0.2) is 11.9 Å². The maximum Gasteiger partial charge on any atom is 0.338 e. The third kappa shape index (κ3) is 3.80. The quantitative estimate of drug-likeness (QED) is 0.291. The zero-order valence-corrected chi connectivity index (χ0v) is 15.6. The lowest BCUT2D eigenvalue weighted by Gasteiger charge is -2.07. The van der Waals surface area contributed by atoms with Crippen molar-refractivity contribution < 1.29 is 19.1 Å². The van der Waals surface area contributed by atoms with Crippen LogP contribution in [0, 0.1) is 0 Å². The number of hydrogen-bond donors (Lipinski definition) is 0. The van der Waals surface area contributed by atoms with Gasteiger partial charge in [0.25, 0.3) is 0 Å². The van der Waals surface area contributed by atoms with E-state index in [1.54, 1.807) is 50.2 Å². The fraction of sp³-hybridized carbons (Fsp3) is 0.0952.